The van der Waals surface area contributed by atoms with Crippen molar-refractivity contribution in [1.82, 2.24) is 0 Å². The largest absolute Gasteiger partial charge is 0.469 e. The quantitative estimate of drug-likeness (QED) is 0.692. The zero-order chi connectivity index (χ0) is 19.5. The van der Waals surface area contributed by atoms with E-state index in [0.29, 0.717) is 18.3 Å². The van der Waals surface area contributed by atoms with Crippen molar-refractivity contribution in [3.63, 3.8) is 0 Å². The molecule has 0 amide bonds. The van der Waals surface area contributed by atoms with Gasteiger partial charge in [0, 0.05) is 6.42 Å². The van der Waals surface area contributed by atoms with Crippen molar-refractivity contribution in [2.75, 3.05) is 7.11 Å². The molecule has 2 bridgehead atoms. The van der Waals surface area contributed by atoms with Crippen LogP contribution in [0.4, 0.5) is 0 Å². The average Bonchev–Trinajstić information content (AvgIpc) is 3.35. The van der Waals surface area contributed by atoms with Crippen LogP contribution in [0.3, 0.4) is 0 Å². The molecule has 0 radical (unpaired) electrons. The molecule has 0 N–H and O–H groups in total. The molecule has 4 nitrogen and oxygen atoms in total. The molecule has 2 aromatic rings. The van der Waals surface area contributed by atoms with E-state index >= 15 is 0 Å². The van der Waals surface area contributed by atoms with E-state index in [-0.39, 0.29) is 23.8 Å². The molecule has 4 heteroatoms. The third-order valence-corrected chi connectivity index (χ3v) is 6.43. The minimum atomic E-state index is -0.437. The lowest BCUT2D eigenvalue weighted by atomic mass is 9.77. The van der Waals surface area contributed by atoms with Crippen molar-refractivity contribution >= 4 is 11.9 Å². The van der Waals surface area contributed by atoms with Gasteiger partial charge in [-0.1, -0.05) is 60.7 Å². The highest BCUT2D eigenvalue weighted by molar-refractivity contribution is 5.77. The fourth-order valence-electron chi connectivity index (χ4n) is 5.13. The summed E-state index contributed by atoms with van der Waals surface area (Å²) in [6.07, 6.45) is 3.02. The summed E-state index contributed by atoms with van der Waals surface area (Å²) in [7, 11) is 1.41. The minimum absolute atomic E-state index is 0.0332. The van der Waals surface area contributed by atoms with Gasteiger partial charge in [0.2, 0.25) is 0 Å². The van der Waals surface area contributed by atoms with Gasteiger partial charge in [0.25, 0.3) is 0 Å². The first-order chi connectivity index (χ1) is 13.7. The summed E-state index contributed by atoms with van der Waals surface area (Å²) in [6.45, 7) is 0. The molecule has 4 rings (SSSR count). The Morgan fingerprint density at radius 3 is 2.07 bits per heavy atom. The summed E-state index contributed by atoms with van der Waals surface area (Å²) in [5, 5.41) is 0. The molecule has 0 spiro atoms. The molecule has 2 unspecified atom stereocenters. The van der Waals surface area contributed by atoms with Crippen LogP contribution >= 0.6 is 0 Å². The first-order valence-corrected chi connectivity index (χ1v) is 10.0. The van der Waals surface area contributed by atoms with Crippen molar-refractivity contribution in [2.24, 2.45) is 23.7 Å². The molecule has 2 fully saturated rings. The Morgan fingerprint density at radius 1 is 0.929 bits per heavy atom. The summed E-state index contributed by atoms with van der Waals surface area (Å²) in [6, 6.07) is 19.7. The Kier molecular flexibility index (Phi) is 5.47. The average molecular weight is 378 g/mol. The van der Waals surface area contributed by atoms with Gasteiger partial charge in [-0.2, -0.15) is 0 Å². The maximum atomic E-state index is 13.3. The molecule has 0 saturated heterocycles. The number of fused-ring (bicyclic) bond motifs is 2. The molecular formula is C24H26O4. The number of carbonyl (C=O) groups excluding carboxylic acids is 2. The van der Waals surface area contributed by atoms with Crippen LogP contribution in [0.1, 0.15) is 42.9 Å². The van der Waals surface area contributed by atoms with Crippen molar-refractivity contribution < 1.29 is 19.1 Å². The van der Waals surface area contributed by atoms with Crippen LogP contribution < -0.4 is 0 Å². The number of hydrogen-bond acceptors (Lipinski definition) is 4. The Labute approximate surface area is 165 Å². The van der Waals surface area contributed by atoms with Crippen LogP contribution in [0, 0.1) is 23.7 Å². The highest BCUT2D eigenvalue weighted by atomic mass is 16.5. The fourth-order valence-corrected chi connectivity index (χ4v) is 5.13. The predicted molar refractivity (Wildman–Crippen MR) is 105 cm³/mol. The van der Waals surface area contributed by atoms with Crippen LogP contribution in [0.2, 0.25) is 0 Å². The number of rotatable bonds is 6. The molecule has 28 heavy (non-hydrogen) atoms. The molecule has 2 saturated carbocycles. The number of esters is 2. The molecule has 0 aliphatic heterocycles. The van der Waals surface area contributed by atoms with Gasteiger partial charge in [-0.3, -0.25) is 9.59 Å². The van der Waals surface area contributed by atoms with E-state index in [9.17, 15) is 9.59 Å². The van der Waals surface area contributed by atoms with E-state index in [0.717, 1.165) is 30.4 Å². The second kappa shape index (κ2) is 8.17. The maximum Gasteiger partial charge on any atom is 0.310 e. The second-order valence-electron chi connectivity index (χ2n) is 7.94. The molecule has 0 heterocycles. The van der Waals surface area contributed by atoms with Crippen molar-refractivity contribution in [3.05, 3.63) is 71.8 Å². The smallest absolute Gasteiger partial charge is 0.310 e. The van der Waals surface area contributed by atoms with Gasteiger partial charge in [-0.25, -0.2) is 0 Å². The Morgan fingerprint density at radius 2 is 1.50 bits per heavy atom. The van der Waals surface area contributed by atoms with Gasteiger partial charge >= 0.3 is 11.9 Å². The highest BCUT2D eigenvalue weighted by Gasteiger charge is 2.52. The Balaban J connectivity index is 1.58. The van der Waals surface area contributed by atoms with E-state index in [1.165, 1.54) is 7.11 Å². The molecule has 0 aromatic heterocycles. The van der Waals surface area contributed by atoms with Crippen molar-refractivity contribution in [2.45, 2.75) is 31.8 Å². The summed E-state index contributed by atoms with van der Waals surface area (Å²) < 4.78 is 11.0. The predicted octanol–water partition coefficient (Wildman–Crippen LogP) is 4.54. The van der Waals surface area contributed by atoms with E-state index < -0.39 is 6.10 Å². The van der Waals surface area contributed by atoms with Gasteiger partial charge in [-0.05, 0) is 48.1 Å². The maximum absolute atomic E-state index is 13.3. The summed E-state index contributed by atoms with van der Waals surface area (Å²) in [5.41, 5.74) is 1.91. The fraction of sp³-hybridized carbons (Fsp3) is 0.417. The third kappa shape index (κ3) is 3.68. The lowest BCUT2D eigenvalue weighted by Crippen LogP contribution is -2.33. The minimum Gasteiger partial charge on any atom is -0.469 e. The van der Waals surface area contributed by atoms with Gasteiger partial charge in [0.15, 0.2) is 6.10 Å². The van der Waals surface area contributed by atoms with Crippen LogP contribution in [-0.2, 0) is 19.1 Å². The first-order valence-electron chi connectivity index (χ1n) is 10.0. The third-order valence-electron chi connectivity index (χ3n) is 6.43. The zero-order valence-corrected chi connectivity index (χ0v) is 16.1. The van der Waals surface area contributed by atoms with Gasteiger partial charge < -0.3 is 9.47 Å². The molecule has 2 aliphatic rings. The van der Waals surface area contributed by atoms with Crippen LogP contribution in [0.25, 0.3) is 0 Å². The molecule has 2 aromatic carbocycles. The SMILES string of the molecule is COC(=O)CC1C(C(=O)OC(c2ccccc2)c2ccccc2)[C@H]2CC[C@H]1C2. The van der Waals surface area contributed by atoms with E-state index in [1.807, 2.05) is 60.7 Å². The van der Waals surface area contributed by atoms with Crippen LogP contribution in [-0.4, -0.2) is 19.0 Å². The van der Waals surface area contributed by atoms with E-state index in [2.05, 4.69) is 0 Å². The van der Waals surface area contributed by atoms with E-state index in [4.69, 9.17) is 9.47 Å². The topological polar surface area (TPSA) is 52.6 Å². The summed E-state index contributed by atoms with van der Waals surface area (Å²) in [5.74, 6) is 0.142. The standard InChI is InChI=1S/C24H26O4/c1-27-21(25)15-20-18-12-13-19(14-18)22(20)24(26)28-23(16-8-4-2-5-9-16)17-10-6-3-7-11-17/h2-11,18-20,22-23H,12-15H2,1H3/t18-,19-,20?,22?/m0/s1. The van der Waals surface area contributed by atoms with Crippen molar-refractivity contribution in [3.8, 4) is 0 Å². The van der Waals surface area contributed by atoms with E-state index in [1.54, 1.807) is 0 Å². The number of ether oxygens (including phenoxy) is 2. The number of hydrogen-bond donors (Lipinski definition) is 0. The normalized spacial score (nSPS) is 25.6. The second-order valence-corrected chi connectivity index (χ2v) is 7.94. The van der Waals surface area contributed by atoms with Gasteiger partial charge in [0.05, 0.1) is 13.0 Å². The van der Waals surface area contributed by atoms with Gasteiger partial charge in [-0.15, -0.1) is 0 Å². The zero-order valence-electron chi connectivity index (χ0n) is 16.1. The lowest BCUT2D eigenvalue weighted by molar-refractivity contribution is -0.157. The molecule has 2 aliphatic carbocycles. The highest BCUT2D eigenvalue weighted by Crippen LogP contribution is 2.54. The number of carbonyl (C=O) groups is 2. The summed E-state index contributed by atoms with van der Waals surface area (Å²) >= 11 is 0. The van der Waals surface area contributed by atoms with Crippen LogP contribution in [0.15, 0.2) is 60.7 Å². The Hall–Kier alpha value is -2.62. The van der Waals surface area contributed by atoms with Crippen LogP contribution in [0.5, 0.6) is 0 Å². The molecule has 146 valence electrons. The monoisotopic (exact) mass is 378 g/mol. The first kappa shape index (κ1) is 18.7. The van der Waals surface area contributed by atoms with Gasteiger partial charge in [0.1, 0.15) is 0 Å². The number of methoxy groups -OCH3 is 1. The Bertz CT molecular complexity index is 778. The lowest BCUT2D eigenvalue weighted by Gasteiger charge is -2.30. The summed E-state index contributed by atoms with van der Waals surface area (Å²) in [4.78, 5) is 25.2. The molecular weight excluding hydrogens is 352 g/mol. The number of benzene rings is 2. The molecule has 4 atom stereocenters. The van der Waals surface area contributed by atoms with Crippen molar-refractivity contribution in [1.29, 1.82) is 0 Å².